The van der Waals surface area contributed by atoms with E-state index in [1.807, 2.05) is 12.1 Å². The van der Waals surface area contributed by atoms with Crippen LogP contribution in [0.25, 0.3) is 0 Å². The Kier molecular flexibility index (Phi) is 8.38. The Morgan fingerprint density at radius 2 is 1.65 bits per heavy atom. The second-order valence-corrected chi connectivity index (χ2v) is 9.71. The highest BCUT2D eigenvalue weighted by molar-refractivity contribution is 5.77. The van der Waals surface area contributed by atoms with Gasteiger partial charge in [0.1, 0.15) is 5.69 Å². The van der Waals surface area contributed by atoms with E-state index in [0.717, 1.165) is 55.2 Å². The monoisotopic (exact) mass is 549 g/mol. The van der Waals surface area contributed by atoms with E-state index in [4.69, 9.17) is 4.74 Å². The Hall–Kier alpha value is -4.27. The number of H-pyrrole nitrogens is 1. The standard InChI is InChI=1S/C29H29F2N5O4/c30-26(31)18-36-25(17-35(29(36)39)16-24-27(37)28(38)33-19-32-24)23-9-7-21(8-10-23)2-1-20-3-5-22(6-4-20)15-34-11-13-40-14-12-34/h3-10,19,25-26,37H,11-18H2,(H,32,33,38). The van der Waals surface area contributed by atoms with Gasteiger partial charge in [-0.25, -0.2) is 18.6 Å². The lowest BCUT2D eigenvalue weighted by Gasteiger charge is -2.26. The number of benzene rings is 2. The molecule has 0 saturated carbocycles. The first kappa shape index (κ1) is 27.3. The van der Waals surface area contributed by atoms with E-state index < -0.39 is 36.4 Å². The van der Waals surface area contributed by atoms with E-state index >= 15 is 0 Å². The van der Waals surface area contributed by atoms with Crippen LogP contribution in [0.3, 0.4) is 0 Å². The smallest absolute Gasteiger partial charge is 0.321 e. The summed E-state index contributed by atoms with van der Waals surface area (Å²) in [5, 5.41) is 9.99. The lowest BCUT2D eigenvalue weighted by Crippen LogP contribution is -2.35. The van der Waals surface area contributed by atoms with Crippen molar-refractivity contribution >= 4 is 6.03 Å². The fraction of sp³-hybridized carbons (Fsp3) is 0.345. The molecule has 2 aliphatic rings. The van der Waals surface area contributed by atoms with Gasteiger partial charge in [0.2, 0.25) is 5.75 Å². The zero-order valence-corrected chi connectivity index (χ0v) is 21.7. The molecular formula is C29H29F2N5O4. The molecule has 208 valence electrons. The van der Waals surface area contributed by atoms with E-state index in [1.54, 1.807) is 24.3 Å². The van der Waals surface area contributed by atoms with Gasteiger partial charge < -0.3 is 24.6 Å². The summed E-state index contributed by atoms with van der Waals surface area (Å²) in [5.41, 5.74) is 2.78. The molecule has 1 atom stereocenters. The predicted molar refractivity (Wildman–Crippen MR) is 143 cm³/mol. The highest BCUT2D eigenvalue weighted by Crippen LogP contribution is 2.31. The van der Waals surface area contributed by atoms with Crippen molar-refractivity contribution in [2.75, 3.05) is 39.4 Å². The van der Waals surface area contributed by atoms with Gasteiger partial charge in [-0.1, -0.05) is 36.1 Å². The van der Waals surface area contributed by atoms with E-state index in [2.05, 4.69) is 38.8 Å². The molecule has 1 unspecified atom stereocenters. The number of amides is 2. The van der Waals surface area contributed by atoms with Gasteiger partial charge in [-0.3, -0.25) is 9.69 Å². The molecule has 1 aromatic heterocycles. The third-order valence-electron chi connectivity index (χ3n) is 6.98. The van der Waals surface area contributed by atoms with Crippen LogP contribution < -0.4 is 5.56 Å². The van der Waals surface area contributed by atoms with Crippen LogP contribution in [-0.4, -0.2) is 81.6 Å². The van der Waals surface area contributed by atoms with Crippen molar-refractivity contribution in [2.45, 2.75) is 25.6 Å². The van der Waals surface area contributed by atoms with Gasteiger partial charge in [0.25, 0.3) is 12.0 Å². The van der Waals surface area contributed by atoms with E-state index in [0.29, 0.717) is 5.56 Å². The van der Waals surface area contributed by atoms with Crippen molar-refractivity contribution in [1.82, 2.24) is 24.7 Å². The van der Waals surface area contributed by atoms with E-state index in [9.17, 15) is 23.5 Å². The summed E-state index contributed by atoms with van der Waals surface area (Å²) in [5.74, 6) is 5.68. The fourth-order valence-electron chi connectivity index (χ4n) is 4.84. The molecule has 3 heterocycles. The molecular weight excluding hydrogens is 520 g/mol. The molecule has 2 aromatic carbocycles. The Morgan fingerprint density at radius 3 is 2.30 bits per heavy atom. The second-order valence-electron chi connectivity index (χ2n) is 9.71. The van der Waals surface area contributed by atoms with Crippen LogP contribution in [0.2, 0.25) is 0 Å². The molecule has 2 fully saturated rings. The first-order valence-corrected chi connectivity index (χ1v) is 13.0. The minimum atomic E-state index is -2.72. The van der Waals surface area contributed by atoms with Crippen LogP contribution in [0.4, 0.5) is 13.6 Å². The number of morpholine rings is 1. The number of halogens is 2. The molecule has 40 heavy (non-hydrogen) atoms. The number of rotatable bonds is 7. The summed E-state index contributed by atoms with van der Waals surface area (Å²) in [6.45, 7) is 3.45. The van der Waals surface area contributed by atoms with Crippen molar-refractivity contribution in [1.29, 1.82) is 0 Å². The molecule has 0 aliphatic carbocycles. The number of hydrogen-bond donors (Lipinski definition) is 2. The lowest BCUT2D eigenvalue weighted by molar-refractivity contribution is 0.0342. The SMILES string of the molecule is O=C1N(Cc2nc[nH]c(=O)c2O)CC(c2ccc(C#Cc3ccc(CN4CCOCC4)cc3)cc2)N1CC(F)F. The van der Waals surface area contributed by atoms with Crippen LogP contribution in [0.15, 0.2) is 59.7 Å². The van der Waals surface area contributed by atoms with Gasteiger partial charge in [-0.15, -0.1) is 0 Å². The van der Waals surface area contributed by atoms with Crippen molar-refractivity contribution in [3.8, 4) is 17.6 Å². The van der Waals surface area contributed by atoms with Crippen LogP contribution in [-0.2, 0) is 17.8 Å². The molecule has 0 radical (unpaired) electrons. The molecule has 11 heteroatoms. The van der Waals surface area contributed by atoms with E-state index in [1.165, 1.54) is 10.5 Å². The van der Waals surface area contributed by atoms with Crippen LogP contribution in [0, 0.1) is 11.8 Å². The summed E-state index contributed by atoms with van der Waals surface area (Å²) in [6, 6.07) is 14.0. The van der Waals surface area contributed by atoms with Crippen LogP contribution in [0.1, 0.15) is 34.0 Å². The maximum absolute atomic E-state index is 13.4. The number of carbonyl (C=O) groups is 1. The van der Waals surface area contributed by atoms with Gasteiger partial charge in [-0.2, -0.15) is 0 Å². The largest absolute Gasteiger partial charge is 0.502 e. The predicted octanol–water partition coefficient (Wildman–Crippen LogP) is 2.95. The number of aromatic nitrogens is 2. The molecule has 3 aromatic rings. The minimum Gasteiger partial charge on any atom is -0.502 e. The van der Waals surface area contributed by atoms with Crippen LogP contribution >= 0.6 is 0 Å². The number of urea groups is 1. The Balaban J connectivity index is 1.26. The molecule has 5 rings (SSSR count). The number of alkyl halides is 2. The first-order chi connectivity index (χ1) is 19.4. The number of aromatic hydroxyl groups is 1. The Labute approximate surface area is 230 Å². The zero-order valence-electron chi connectivity index (χ0n) is 21.7. The van der Waals surface area contributed by atoms with Crippen LogP contribution in [0.5, 0.6) is 5.75 Å². The number of hydrogen-bond acceptors (Lipinski definition) is 6. The van der Waals surface area contributed by atoms with Gasteiger partial charge in [0.05, 0.1) is 38.7 Å². The highest BCUT2D eigenvalue weighted by Gasteiger charge is 2.39. The molecule has 2 saturated heterocycles. The molecule has 0 spiro atoms. The van der Waals surface area contributed by atoms with Crippen molar-refractivity contribution < 1.29 is 23.4 Å². The third kappa shape index (κ3) is 6.47. The van der Waals surface area contributed by atoms with Gasteiger partial charge in [0.15, 0.2) is 0 Å². The topological polar surface area (TPSA) is 102 Å². The lowest BCUT2D eigenvalue weighted by atomic mass is 10.0. The number of nitrogens with one attached hydrogen (secondary N) is 1. The van der Waals surface area contributed by atoms with Gasteiger partial charge in [-0.05, 0) is 35.4 Å². The van der Waals surface area contributed by atoms with Gasteiger partial charge >= 0.3 is 6.03 Å². The average Bonchev–Trinajstić information content (AvgIpc) is 3.25. The zero-order chi connectivity index (χ0) is 28.1. The summed E-state index contributed by atoms with van der Waals surface area (Å²) < 4.78 is 32.1. The van der Waals surface area contributed by atoms with E-state index in [-0.39, 0.29) is 18.8 Å². The summed E-state index contributed by atoms with van der Waals surface area (Å²) >= 11 is 0. The quantitative estimate of drug-likeness (QED) is 0.440. The average molecular weight is 550 g/mol. The number of carbonyl (C=O) groups excluding carboxylic acids is 1. The summed E-state index contributed by atoms with van der Waals surface area (Å²) in [6.07, 6.45) is -1.60. The summed E-state index contributed by atoms with van der Waals surface area (Å²) in [4.78, 5) is 35.6. The first-order valence-electron chi connectivity index (χ1n) is 13.0. The number of nitrogens with zero attached hydrogens (tertiary/aromatic N) is 4. The maximum atomic E-state index is 13.4. The van der Waals surface area contributed by atoms with Gasteiger partial charge in [0, 0.05) is 37.3 Å². The third-order valence-corrected chi connectivity index (χ3v) is 6.98. The Morgan fingerprint density at radius 1 is 1.00 bits per heavy atom. The minimum absolute atomic E-state index is 0.00510. The molecule has 2 N–H and O–H groups in total. The second kappa shape index (κ2) is 12.3. The maximum Gasteiger partial charge on any atom is 0.321 e. The Bertz CT molecular complexity index is 1440. The molecule has 2 amide bonds. The summed E-state index contributed by atoms with van der Waals surface area (Å²) in [7, 11) is 0. The number of aromatic amines is 1. The molecule has 0 bridgehead atoms. The molecule has 9 nitrogen and oxygen atoms in total. The fourth-order valence-corrected chi connectivity index (χ4v) is 4.84. The van der Waals surface area contributed by atoms with Crippen molar-refractivity contribution in [3.63, 3.8) is 0 Å². The number of ether oxygens (including phenoxy) is 1. The van der Waals surface area contributed by atoms with Crippen molar-refractivity contribution in [2.24, 2.45) is 0 Å². The molecule has 2 aliphatic heterocycles. The normalized spacial score (nSPS) is 17.8. The highest BCUT2D eigenvalue weighted by atomic mass is 19.3. The van der Waals surface area contributed by atoms with Crippen molar-refractivity contribution in [3.05, 3.63) is 93.2 Å².